The summed E-state index contributed by atoms with van der Waals surface area (Å²) in [6.07, 6.45) is 4.13. The lowest BCUT2D eigenvalue weighted by Crippen LogP contribution is -2.19. The molecule has 0 aliphatic carbocycles. The van der Waals surface area contributed by atoms with Crippen LogP contribution in [0, 0.1) is 11.3 Å². The van der Waals surface area contributed by atoms with Crippen LogP contribution >= 0.6 is 0 Å². The average molecular weight is 190 g/mol. The van der Waals surface area contributed by atoms with Crippen molar-refractivity contribution in [1.82, 2.24) is 4.98 Å². The first-order valence-electron chi connectivity index (χ1n) is 4.57. The van der Waals surface area contributed by atoms with Crippen molar-refractivity contribution in [1.29, 1.82) is 5.26 Å². The van der Waals surface area contributed by atoms with Crippen LogP contribution in [-0.2, 0) is 0 Å². The highest BCUT2D eigenvalue weighted by Crippen LogP contribution is 2.11. The molecular formula is C10H14N4. The van der Waals surface area contributed by atoms with Gasteiger partial charge in [-0.2, -0.15) is 5.26 Å². The van der Waals surface area contributed by atoms with Crippen LogP contribution in [0.5, 0.6) is 0 Å². The molecule has 0 aromatic carbocycles. The molecule has 4 heteroatoms. The standard InChI is InChI=1S/C10H14N4/c1-8(12)2-5-14-10-7-13-4-3-9(10)6-11/h3-4,7-8,14H,2,5,12H2,1H3. The summed E-state index contributed by atoms with van der Waals surface area (Å²) in [6, 6.07) is 3.96. The average Bonchev–Trinajstić information content (AvgIpc) is 2.18. The van der Waals surface area contributed by atoms with E-state index in [4.69, 9.17) is 11.0 Å². The first-order valence-corrected chi connectivity index (χ1v) is 4.57. The molecule has 0 saturated heterocycles. The number of pyridine rings is 1. The lowest BCUT2D eigenvalue weighted by Gasteiger charge is -2.08. The highest BCUT2D eigenvalue weighted by atomic mass is 14.9. The quantitative estimate of drug-likeness (QED) is 0.745. The van der Waals surface area contributed by atoms with Crippen molar-refractivity contribution >= 4 is 5.69 Å². The Hall–Kier alpha value is -1.60. The van der Waals surface area contributed by atoms with Crippen LogP contribution in [0.2, 0.25) is 0 Å². The molecule has 4 nitrogen and oxygen atoms in total. The number of aromatic nitrogens is 1. The fourth-order valence-electron chi connectivity index (χ4n) is 1.07. The van der Waals surface area contributed by atoms with Crippen molar-refractivity contribution < 1.29 is 0 Å². The van der Waals surface area contributed by atoms with Gasteiger partial charge in [-0.3, -0.25) is 4.98 Å². The van der Waals surface area contributed by atoms with Crippen LogP contribution < -0.4 is 11.1 Å². The molecule has 3 N–H and O–H groups in total. The molecule has 0 fully saturated rings. The van der Waals surface area contributed by atoms with Crippen molar-refractivity contribution in [3.63, 3.8) is 0 Å². The minimum absolute atomic E-state index is 0.171. The Morgan fingerprint density at radius 1 is 1.71 bits per heavy atom. The third-order valence-electron chi connectivity index (χ3n) is 1.86. The summed E-state index contributed by atoms with van der Waals surface area (Å²) in [5.41, 5.74) is 7.00. The van der Waals surface area contributed by atoms with Crippen molar-refractivity contribution in [2.75, 3.05) is 11.9 Å². The van der Waals surface area contributed by atoms with Crippen LogP contribution in [-0.4, -0.2) is 17.6 Å². The molecular weight excluding hydrogens is 176 g/mol. The lowest BCUT2D eigenvalue weighted by molar-refractivity contribution is 0.690. The second-order valence-corrected chi connectivity index (χ2v) is 3.23. The van der Waals surface area contributed by atoms with E-state index in [-0.39, 0.29) is 6.04 Å². The molecule has 1 heterocycles. The molecule has 0 spiro atoms. The predicted molar refractivity (Wildman–Crippen MR) is 55.7 cm³/mol. The van der Waals surface area contributed by atoms with Crippen LogP contribution in [0.25, 0.3) is 0 Å². The summed E-state index contributed by atoms with van der Waals surface area (Å²) >= 11 is 0. The number of nitrogens with zero attached hydrogens (tertiary/aromatic N) is 2. The molecule has 0 saturated carbocycles. The van der Waals surface area contributed by atoms with Gasteiger partial charge >= 0.3 is 0 Å². The highest BCUT2D eigenvalue weighted by Gasteiger charge is 2.00. The lowest BCUT2D eigenvalue weighted by atomic mass is 10.2. The summed E-state index contributed by atoms with van der Waals surface area (Å²) < 4.78 is 0. The van der Waals surface area contributed by atoms with Gasteiger partial charge in [-0.15, -0.1) is 0 Å². The van der Waals surface area contributed by atoms with E-state index in [1.54, 1.807) is 18.5 Å². The second kappa shape index (κ2) is 5.20. The predicted octanol–water partition coefficient (Wildman–Crippen LogP) is 1.10. The highest BCUT2D eigenvalue weighted by molar-refractivity contribution is 5.55. The largest absolute Gasteiger partial charge is 0.383 e. The number of hydrogen-bond donors (Lipinski definition) is 2. The molecule has 1 rings (SSSR count). The Balaban J connectivity index is 2.54. The van der Waals surface area contributed by atoms with Crippen molar-refractivity contribution in [2.45, 2.75) is 19.4 Å². The molecule has 14 heavy (non-hydrogen) atoms. The molecule has 1 unspecified atom stereocenters. The van der Waals surface area contributed by atoms with Gasteiger partial charge in [0.2, 0.25) is 0 Å². The second-order valence-electron chi connectivity index (χ2n) is 3.23. The van der Waals surface area contributed by atoms with Crippen LogP contribution in [0.1, 0.15) is 18.9 Å². The minimum atomic E-state index is 0.171. The number of nitrogens with one attached hydrogen (secondary N) is 1. The molecule has 0 amide bonds. The maximum absolute atomic E-state index is 8.78. The number of nitrogens with two attached hydrogens (primary N) is 1. The molecule has 1 aromatic heterocycles. The van der Waals surface area contributed by atoms with Gasteiger partial charge in [0.1, 0.15) is 6.07 Å². The molecule has 0 radical (unpaired) electrons. The summed E-state index contributed by atoms with van der Waals surface area (Å²) in [6.45, 7) is 2.72. The summed E-state index contributed by atoms with van der Waals surface area (Å²) in [5, 5.41) is 11.9. The molecule has 74 valence electrons. The van der Waals surface area contributed by atoms with E-state index in [2.05, 4.69) is 16.4 Å². The van der Waals surface area contributed by atoms with Crippen LogP contribution in [0.3, 0.4) is 0 Å². The van der Waals surface area contributed by atoms with Gasteiger partial charge in [0.15, 0.2) is 0 Å². The fraction of sp³-hybridized carbons (Fsp3) is 0.400. The van der Waals surface area contributed by atoms with Crippen LogP contribution in [0.15, 0.2) is 18.5 Å². The van der Waals surface area contributed by atoms with E-state index in [9.17, 15) is 0 Å². The topological polar surface area (TPSA) is 74.7 Å². The third-order valence-corrected chi connectivity index (χ3v) is 1.86. The Kier molecular flexibility index (Phi) is 3.89. The first kappa shape index (κ1) is 10.5. The van der Waals surface area contributed by atoms with Gasteiger partial charge in [0.05, 0.1) is 17.4 Å². The molecule has 1 aromatic rings. The molecule has 1 atom stereocenters. The van der Waals surface area contributed by atoms with Gasteiger partial charge in [-0.25, -0.2) is 0 Å². The number of rotatable bonds is 4. The summed E-state index contributed by atoms with van der Waals surface area (Å²) in [5.74, 6) is 0. The van der Waals surface area contributed by atoms with E-state index in [0.717, 1.165) is 18.7 Å². The van der Waals surface area contributed by atoms with Gasteiger partial charge in [-0.1, -0.05) is 0 Å². The molecule has 0 bridgehead atoms. The van der Waals surface area contributed by atoms with Gasteiger partial charge < -0.3 is 11.1 Å². The zero-order chi connectivity index (χ0) is 10.4. The monoisotopic (exact) mass is 190 g/mol. The SMILES string of the molecule is CC(N)CCNc1cnccc1C#N. The first-order chi connectivity index (χ1) is 6.74. The summed E-state index contributed by atoms with van der Waals surface area (Å²) in [7, 11) is 0. The Morgan fingerprint density at radius 3 is 3.14 bits per heavy atom. The zero-order valence-corrected chi connectivity index (χ0v) is 8.20. The number of hydrogen-bond acceptors (Lipinski definition) is 4. The Morgan fingerprint density at radius 2 is 2.50 bits per heavy atom. The van der Waals surface area contributed by atoms with Gasteiger partial charge in [0, 0.05) is 18.8 Å². The van der Waals surface area contributed by atoms with E-state index in [1.165, 1.54) is 0 Å². The maximum atomic E-state index is 8.78. The van der Waals surface area contributed by atoms with E-state index in [0.29, 0.717) is 5.56 Å². The smallest absolute Gasteiger partial charge is 0.101 e. The van der Waals surface area contributed by atoms with Crippen molar-refractivity contribution in [2.24, 2.45) is 5.73 Å². The third kappa shape index (κ3) is 3.04. The number of nitriles is 1. The van der Waals surface area contributed by atoms with Gasteiger partial charge in [-0.05, 0) is 19.4 Å². The van der Waals surface area contributed by atoms with Crippen molar-refractivity contribution in [3.05, 3.63) is 24.0 Å². The fourth-order valence-corrected chi connectivity index (χ4v) is 1.07. The van der Waals surface area contributed by atoms with Crippen molar-refractivity contribution in [3.8, 4) is 6.07 Å². The van der Waals surface area contributed by atoms with Gasteiger partial charge in [0.25, 0.3) is 0 Å². The number of anilines is 1. The normalized spacial score (nSPS) is 11.8. The molecule has 0 aliphatic heterocycles. The van der Waals surface area contributed by atoms with Crippen LogP contribution in [0.4, 0.5) is 5.69 Å². The minimum Gasteiger partial charge on any atom is -0.383 e. The van der Waals surface area contributed by atoms with E-state index < -0.39 is 0 Å². The Bertz CT molecular complexity index is 327. The van der Waals surface area contributed by atoms with E-state index >= 15 is 0 Å². The van der Waals surface area contributed by atoms with E-state index in [1.807, 2.05) is 6.92 Å². The maximum Gasteiger partial charge on any atom is 0.101 e. The zero-order valence-electron chi connectivity index (χ0n) is 8.20. The summed E-state index contributed by atoms with van der Waals surface area (Å²) in [4.78, 5) is 3.95. The molecule has 0 aliphatic rings. The Labute approximate surface area is 83.8 Å².